The molecule has 0 spiro atoms. The summed E-state index contributed by atoms with van der Waals surface area (Å²) in [6.07, 6.45) is 0. The average Bonchev–Trinajstić information content (AvgIpc) is 2.46. The third kappa shape index (κ3) is 3.26. The molecular formula is C15H21NO5. The van der Waals surface area contributed by atoms with Crippen molar-refractivity contribution in [2.24, 2.45) is 0 Å². The Morgan fingerprint density at radius 3 is 2.29 bits per heavy atom. The molecule has 0 aromatic heterocycles. The number of carboxylic acid groups (broad SMARTS) is 1. The lowest BCUT2D eigenvalue weighted by atomic mass is 10.0. The van der Waals surface area contributed by atoms with Crippen LogP contribution in [0.4, 0.5) is 0 Å². The smallest absolute Gasteiger partial charge is 0.329 e. The monoisotopic (exact) mass is 295 g/mol. The van der Waals surface area contributed by atoms with E-state index in [9.17, 15) is 14.7 Å². The molecule has 0 aliphatic heterocycles. The van der Waals surface area contributed by atoms with Crippen molar-refractivity contribution in [3.8, 4) is 11.5 Å². The van der Waals surface area contributed by atoms with Crippen LogP contribution in [0.1, 0.15) is 31.1 Å². The zero-order chi connectivity index (χ0) is 16.2. The van der Waals surface area contributed by atoms with Crippen LogP contribution in [-0.2, 0) is 4.79 Å². The van der Waals surface area contributed by atoms with E-state index < -0.39 is 17.4 Å². The number of hydrogen-bond acceptors (Lipinski definition) is 4. The van der Waals surface area contributed by atoms with Gasteiger partial charge in [-0.05, 0) is 39.0 Å². The van der Waals surface area contributed by atoms with E-state index in [1.807, 2.05) is 0 Å². The van der Waals surface area contributed by atoms with Gasteiger partial charge in [-0.3, -0.25) is 4.79 Å². The van der Waals surface area contributed by atoms with E-state index in [1.165, 1.54) is 33.0 Å². The minimum Gasteiger partial charge on any atom is -0.497 e. The van der Waals surface area contributed by atoms with Crippen molar-refractivity contribution in [2.75, 3.05) is 20.8 Å². The van der Waals surface area contributed by atoms with Crippen LogP contribution < -0.4 is 9.47 Å². The minimum atomic E-state index is -1.32. The first-order valence-electron chi connectivity index (χ1n) is 6.57. The predicted molar refractivity (Wildman–Crippen MR) is 78.0 cm³/mol. The fraction of sp³-hybridized carbons (Fsp3) is 0.467. The number of carbonyl (C=O) groups excluding carboxylic acids is 1. The largest absolute Gasteiger partial charge is 0.497 e. The van der Waals surface area contributed by atoms with E-state index in [1.54, 1.807) is 25.1 Å². The van der Waals surface area contributed by atoms with Crippen LogP contribution >= 0.6 is 0 Å². The van der Waals surface area contributed by atoms with Crippen LogP contribution in [0.2, 0.25) is 0 Å². The highest BCUT2D eigenvalue weighted by molar-refractivity contribution is 6.00. The second kappa shape index (κ2) is 6.47. The SMILES string of the molecule is CCN(C(=O)c1cc(OC)ccc1OC)C(C)(C)C(=O)O. The zero-order valence-electron chi connectivity index (χ0n) is 13.0. The molecule has 0 unspecified atom stereocenters. The summed E-state index contributed by atoms with van der Waals surface area (Å²) in [5, 5.41) is 9.32. The number of likely N-dealkylation sites (N-methyl/N-ethyl adjacent to an activating group) is 1. The lowest BCUT2D eigenvalue weighted by Gasteiger charge is -2.34. The summed E-state index contributed by atoms with van der Waals surface area (Å²) in [7, 11) is 2.95. The summed E-state index contributed by atoms with van der Waals surface area (Å²) >= 11 is 0. The Morgan fingerprint density at radius 2 is 1.86 bits per heavy atom. The van der Waals surface area contributed by atoms with Gasteiger partial charge in [0.05, 0.1) is 19.8 Å². The maximum absolute atomic E-state index is 12.7. The Morgan fingerprint density at radius 1 is 1.24 bits per heavy atom. The van der Waals surface area contributed by atoms with Crippen LogP contribution in [0.5, 0.6) is 11.5 Å². The van der Waals surface area contributed by atoms with Crippen molar-refractivity contribution in [3.05, 3.63) is 23.8 Å². The molecule has 0 saturated carbocycles. The number of nitrogens with zero attached hydrogens (tertiary/aromatic N) is 1. The van der Waals surface area contributed by atoms with Gasteiger partial charge in [-0.25, -0.2) is 4.79 Å². The molecule has 116 valence electrons. The Hall–Kier alpha value is -2.24. The van der Waals surface area contributed by atoms with Crippen LogP contribution in [0.3, 0.4) is 0 Å². The maximum atomic E-state index is 12.7. The van der Waals surface area contributed by atoms with Gasteiger partial charge in [0.25, 0.3) is 5.91 Å². The molecule has 6 heteroatoms. The molecule has 0 aliphatic rings. The summed E-state index contributed by atoms with van der Waals surface area (Å²) in [4.78, 5) is 25.4. The summed E-state index contributed by atoms with van der Waals surface area (Å²) in [6.45, 7) is 4.97. The van der Waals surface area contributed by atoms with Gasteiger partial charge in [-0.15, -0.1) is 0 Å². The second-order valence-electron chi connectivity index (χ2n) is 4.98. The van der Waals surface area contributed by atoms with E-state index in [4.69, 9.17) is 9.47 Å². The molecule has 21 heavy (non-hydrogen) atoms. The Labute approximate surface area is 124 Å². The van der Waals surface area contributed by atoms with Crippen molar-refractivity contribution >= 4 is 11.9 Å². The number of benzene rings is 1. The van der Waals surface area contributed by atoms with Crippen molar-refractivity contribution < 1.29 is 24.2 Å². The van der Waals surface area contributed by atoms with Crippen molar-refractivity contribution in [1.29, 1.82) is 0 Å². The molecule has 0 saturated heterocycles. The quantitative estimate of drug-likeness (QED) is 0.869. The van der Waals surface area contributed by atoms with E-state index >= 15 is 0 Å². The van der Waals surface area contributed by atoms with Gasteiger partial charge < -0.3 is 19.5 Å². The van der Waals surface area contributed by atoms with Gasteiger partial charge in [0.2, 0.25) is 0 Å². The average molecular weight is 295 g/mol. The van der Waals surface area contributed by atoms with E-state index in [2.05, 4.69) is 0 Å². The highest BCUT2D eigenvalue weighted by atomic mass is 16.5. The number of carbonyl (C=O) groups is 2. The predicted octanol–water partition coefficient (Wildman–Crippen LogP) is 2.03. The number of methoxy groups -OCH3 is 2. The van der Waals surface area contributed by atoms with E-state index in [0.717, 1.165) is 0 Å². The van der Waals surface area contributed by atoms with Crippen LogP contribution in [0, 0.1) is 0 Å². The molecule has 1 rings (SSSR count). The van der Waals surface area contributed by atoms with Crippen molar-refractivity contribution in [2.45, 2.75) is 26.3 Å². The fourth-order valence-corrected chi connectivity index (χ4v) is 2.03. The van der Waals surface area contributed by atoms with Gasteiger partial charge in [-0.1, -0.05) is 0 Å². The van der Waals surface area contributed by atoms with Crippen LogP contribution in [0.15, 0.2) is 18.2 Å². The molecule has 0 heterocycles. The highest BCUT2D eigenvalue weighted by Crippen LogP contribution is 2.27. The molecule has 0 fully saturated rings. The lowest BCUT2D eigenvalue weighted by molar-refractivity contribution is -0.147. The summed E-state index contributed by atoms with van der Waals surface area (Å²) in [5.74, 6) is -0.607. The van der Waals surface area contributed by atoms with Crippen molar-refractivity contribution in [1.82, 2.24) is 4.90 Å². The maximum Gasteiger partial charge on any atom is 0.329 e. The molecule has 1 aromatic carbocycles. The molecule has 0 atom stereocenters. The number of amides is 1. The second-order valence-corrected chi connectivity index (χ2v) is 4.98. The summed E-state index contributed by atoms with van der Waals surface area (Å²) in [6, 6.07) is 4.84. The van der Waals surface area contributed by atoms with Gasteiger partial charge in [-0.2, -0.15) is 0 Å². The molecule has 1 amide bonds. The molecule has 0 bridgehead atoms. The van der Waals surface area contributed by atoms with Crippen molar-refractivity contribution in [3.63, 3.8) is 0 Å². The number of ether oxygens (including phenoxy) is 2. The van der Waals surface area contributed by atoms with E-state index in [-0.39, 0.29) is 12.1 Å². The molecular weight excluding hydrogens is 274 g/mol. The number of carboxylic acids is 1. The zero-order valence-corrected chi connectivity index (χ0v) is 13.0. The Balaban J connectivity index is 3.31. The van der Waals surface area contributed by atoms with Crippen LogP contribution in [-0.4, -0.2) is 48.2 Å². The molecule has 0 radical (unpaired) electrons. The summed E-state index contributed by atoms with van der Waals surface area (Å²) < 4.78 is 10.3. The standard InChI is InChI=1S/C15H21NO5/c1-6-16(15(2,3)14(18)19)13(17)11-9-10(20-4)7-8-12(11)21-5/h7-9H,6H2,1-5H3,(H,18,19). The third-order valence-electron chi connectivity index (χ3n) is 3.40. The lowest BCUT2D eigenvalue weighted by Crippen LogP contribution is -2.52. The van der Waals surface area contributed by atoms with Gasteiger partial charge in [0, 0.05) is 6.54 Å². The topological polar surface area (TPSA) is 76.1 Å². The normalized spacial score (nSPS) is 10.9. The first kappa shape index (κ1) is 16.8. The van der Waals surface area contributed by atoms with Gasteiger partial charge >= 0.3 is 5.97 Å². The Bertz CT molecular complexity index is 539. The number of aliphatic carboxylic acids is 1. The van der Waals surface area contributed by atoms with Gasteiger partial charge in [0.15, 0.2) is 0 Å². The first-order chi connectivity index (χ1) is 9.79. The fourth-order valence-electron chi connectivity index (χ4n) is 2.03. The summed E-state index contributed by atoms with van der Waals surface area (Å²) in [5.41, 5.74) is -1.05. The van der Waals surface area contributed by atoms with Crippen LogP contribution in [0.25, 0.3) is 0 Å². The highest BCUT2D eigenvalue weighted by Gasteiger charge is 2.38. The first-order valence-corrected chi connectivity index (χ1v) is 6.57. The van der Waals surface area contributed by atoms with Gasteiger partial charge in [0.1, 0.15) is 17.0 Å². The molecule has 1 N–H and O–H groups in total. The minimum absolute atomic E-state index is 0.262. The number of hydrogen-bond donors (Lipinski definition) is 1. The Kier molecular flexibility index (Phi) is 5.18. The van der Waals surface area contributed by atoms with E-state index in [0.29, 0.717) is 11.5 Å². The molecule has 6 nitrogen and oxygen atoms in total. The molecule has 1 aromatic rings. The number of rotatable bonds is 6. The molecule has 0 aliphatic carbocycles. The third-order valence-corrected chi connectivity index (χ3v) is 3.40.